The van der Waals surface area contributed by atoms with E-state index >= 15 is 0 Å². The Balaban J connectivity index is -0.000000250. The lowest BCUT2D eigenvalue weighted by atomic mass is 10.0. The fourth-order valence-electron chi connectivity index (χ4n) is 1.68. The molecule has 21 heavy (non-hydrogen) atoms. The van der Waals surface area contributed by atoms with E-state index < -0.39 is 0 Å². The molecule has 0 amide bonds. The van der Waals surface area contributed by atoms with Crippen LogP contribution in [-0.2, 0) is 0 Å². The van der Waals surface area contributed by atoms with Gasteiger partial charge in [0.05, 0.1) is 5.76 Å². The number of hydrogen-bond donors (Lipinski definition) is 1. The van der Waals surface area contributed by atoms with Crippen molar-refractivity contribution in [1.29, 1.82) is 0 Å². The molecule has 0 spiro atoms. The predicted molar refractivity (Wildman–Crippen MR) is 100.0 cm³/mol. The average molecular weight is 299 g/mol. The molecule has 0 saturated carbocycles. The van der Waals surface area contributed by atoms with E-state index in [9.17, 15) is 0 Å². The van der Waals surface area contributed by atoms with Crippen molar-refractivity contribution in [3.63, 3.8) is 0 Å². The maximum Gasteiger partial charge on any atom is 0.0925 e. The molecule has 0 aromatic rings. The lowest BCUT2D eigenvalue weighted by molar-refractivity contribution is 0.386. The van der Waals surface area contributed by atoms with Crippen molar-refractivity contribution in [2.45, 2.75) is 100 Å². The van der Waals surface area contributed by atoms with Gasteiger partial charge in [0.15, 0.2) is 0 Å². The largest absolute Gasteiger partial charge is 0.512 e. The van der Waals surface area contributed by atoms with Gasteiger partial charge in [0.2, 0.25) is 0 Å². The molecule has 0 heterocycles. The molecule has 1 heteroatoms. The van der Waals surface area contributed by atoms with Crippen LogP contribution >= 0.6 is 0 Å². The second-order valence-electron chi connectivity index (χ2n) is 5.18. The summed E-state index contributed by atoms with van der Waals surface area (Å²) in [5.74, 6) is 1.46. The molecule has 1 rings (SSSR count). The minimum Gasteiger partial charge on any atom is -0.512 e. The van der Waals surface area contributed by atoms with Gasteiger partial charge in [0.25, 0.3) is 0 Å². The van der Waals surface area contributed by atoms with Crippen LogP contribution in [0, 0.1) is 5.92 Å². The molecule has 0 radical (unpaired) electrons. The summed E-state index contributed by atoms with van der Waals surface area (Å²) >= 11 is 0. The van der Waals surface area contributed by atoms with Crippen LogP contribution in [0.2, 0.25) is 0 Å². The van der Waals surface area contributed by atoms with Crippen LogP contribution in [0.25, 0.3) is 0 Å². The van der Waals surface area contributed by atoms with E-state index in [2.05, 4.69) is 27.7 Å². The zero-order valence-electron chi connectivity index (χ0n) is 16.1. The molecule has 0 aromatic heterocycles. The molecule has 0 saturated heterocycles. The van der Waals surface area contributed by atoms with Gasteiger partial charge in [-0.05, 0) is 25.3 Å². The molecule has 0 aliphatic heterocycles. The van der Waals surface area contributed by atoms with E-state index in [0.29, 0.717) is 5.76 Å². The fourth-order valence-corrected chi connectivity index (χ4v) is 1.68. The van der Waals surface area contributed by atoms with Crippen molar-refractivity contribution in [3.05, 3.63) is 23.5 Å². The van der Waals surface area contributed by atoms with Gasteiger partial charge in [-0.25, -0.2) is 0 Å². The summed E-state index contributed by atoms with van der Waals surface area (Å²) in [6.45, 7) is 17.0. The third-order valence-electron chi connectivity index (χ3n) is 3.33. The van der Waals surface area contributed by atoms with Crippen molar-refractivity contribution >= 4 is 0 Å². The van der Waals surface area contributed by atoms with Gasteiger partial charge in [-0.2, -0.15) is 0 Å². The van der Waals surface area contributed by atoms with Crippen molar-refractivity contribution < 1.29 is 5.11 Å². The lowest BCUT2D eigenvalue weighted by Gasteiger charge is -2.05. The SMILES string of the molecule is CC.CC.CC1=CC=C(O)CC1.CCCCCC(C)CC. The first-order chi connectivity index (χ1) is 10.1. The van der Waals surface area contributed by atoms with Gasteiger partial charge in [-0.1, -0.05) is 92.2 Å². The Bertz CT molecular complexity index is 220. The molecule has 1 N–H and O–H groups in total. The Morgan fingerprint density at radius 1 is 1.00 bits per heavy atom. The average Bonchev–Trinajstić information content (AvgIpc) is 2.55. The number of aliphatic hydroxyl groups is 1. The molecular formula is C20H42O. The molecule has 1 aliphatic carbocycles. The fraction of sp³-hybridized carbons (Fsp3) is 0.800. The first-order valence-electron chi connectivity index (χ1n) is 9.15. The van der Waals surface area contributed by atoms with Gasteiger partial charge in [-0.15, -0.1) is 0 Å². The first kappa shape index (κ1) is 25.2. The minimum atomic E-state index is 0.510. The van der Waals surface area contributed by atoms with Gasteiger partial charge in [0, 0.05) is 6.42 Å². The Morgan fingerprint density at radius 2 is 1.57 bits per heavy atom. The topological polar surface area (TPSA) is 20.2 Å². The third-order valence-corrected chi connectivity index (χ3v) is 3.33. The first-order valence-corrected chi connectivity index (χ1v) is 9.15. The second kappa shape index (κ2) is 21.6. The maximum absolute atomic E-state index is 8.84. The second-order valence-corrected chi connectivity index (χ2v) is 5.18. The highest BCUT2D eigenvalue weighted by Gasteiger charge is 1.98. The van der Waals surface area contributed by atoms with Gasteiger partial charge in [0.1, 0.15) is 0 Å². The Kier molecular flexibility index (Phi) is 25.9. The predicted octanol–water partition coefficient (Wildman–Crippen LogP) is 7.83. The van der Waals surface area contributed by atoms with Crippen molar-refractivity contribution in [3.8, 4) is 0 Å². The van der Waals surface area contributed by atoms with E-state index in [-0.39, 0.29) is 0 Å². The molecule has 1 aliphatic rings. The normalized spacial score (nSPS) is 13.9. The van der Waals surface area contributed by atoms with E-state index in [0.717, 1.165) is 18.8 Å². The molecule has 1 atom stereocenters. The van der Waals surface area contributed by atoms with Gasteiger partial charge < -0.3 is 5.11 Å². The summed E-state index contributed by atoms with van der Waals surface area (Å²) in [5.41, 5.74) is 1.35. The van der Waals surface area contributed by atoms with Crippen LogP contribution in [0.15, 0.2) is 23.5 Å². The van der Waals surface area contributed by atoms with Crippen LogP contribution in [0.3, 0.4) is 0 Å². The van der Waals surface area contributed by atoms with Crippen molar-refractivity contribution in [2.75, 3.05) is 0 Å². The summed E-state index contributed by atoms with van der Waals surface area (Å²) in [6.07, 6.45) is 12.6. The molecule has 0 aromatic carbocycles. The van der Waals surface area contributed by atoms with Gasteiger partial charge >= 0.3 is 0 Å². The maximum atomic E-state index is 8.84. The van der Waals surface area contributed by atoms with Crippen LogP contribution in [0.5, 0.6) is 0 Å². The highest BCUT2D eigenvalue weighted by Crippen LogP contribution is 2.14. The zero-order valence-corrected chi connectivity index (χ0v) is 16.1. The van der Waals surface area contributed by atoms with Crippen LogP contribution in [0.4, 0.5) is 0 Å². The van der Waals surface area contributed by atoms with Crippen molar-refractivity contribution in [2.24, 2.45) is 5.92 Å². The minimum absolute atomic E-state index is 0.510. The van der Waals surface area contributed by atoms with Crippen molar-refractivity contribution in [1.82, 2.24) is 0 Å². The molecule has 1 unspecified atom stereocenters. The van der Waals surface area contributed by atoms with Crippen LogP contribution in [-0.4, -0.2) is 5.11 Å². The van der Waals surface area contributed by atoms with Crippen LogP contribution in [0.1, 0.15) is 100 Å². The van der Waals surface area contributed by atoms with E-state index in [4.69, 9.17) is 5.11 Å². The van der Waals surface area contributed by atoms with E-state index in [1.807, 2.05) is 33.8 Å². The molecular weight excluding hydrogens is 256 g/mol. The number of aliphatic hydroxyl groups excluding tert-OH is 1. The van der Waals surface area contributed by atoms with E-state index in [1.165, 1.54) is 37.7 Å². The van der Waals surface area contributed by atoms with Crippen LogP contribution < -0.4 is 0 Å². The molecule has 1 nitrogen and oxygen atoms in total. The number of rotatable bonds is 5. The Hall–Kier alpha value is -0.720. The summed E-state index contributed by atoms with van der Waals surface area (Å²) in [6, 6.07) is 0. The standard InChI is InChI=1S/C9H20.C7H10O.2C2H6/c1-4-6-7-8-9(3)5-2;1-6-2-4-7(8)5-3-6;2*1-2/h9H,4-8H2,1-3H3;2,4,8H,3,5H2,1H3;2*1-2H3. The Labute approximate surface area is 135 Å². The zero-order chi connectivity index (χ0) is 17.1. The summed E-state index contributed by atoms with van der Waals surface area (Å²) in [4.78, 5) is 0. The monoisotopic (exact) mass is 298 g/mol. The highest BCUT2D eigenvalue weighted by molar-refractivity contribution is 5.18. The number of hydrogen-bond acceptors (Lipinski definition) is 1. The Morgan fingerprint density at radius 3 is 1.90 bits per heavy atom. The van der Waals surface area contributed by atoms with E-state index in [1.54, 1.807) is 6.08 Å². The quantitative estimate of drug-likeness (QED) is 0.512. The highest BCUT2D eigenvalue weighted by atomic mass is 16.3. The number of unbranched alkanes of at least 4 members (excludes halogenated alkanes) is 2. The van der Waals surface area contributed by atoms with Gasteiger partial charge in [-0.3, -0.25) is 0 Å². The molecule has 128 valence electrons. The third kappa shape index (κ3) is 21.7. The summed E-state index contributed by atoms with van der Waals surface area (Å²) in [7, 11) is 0. The number of allylic oxidation sites excluding steroid dienone is 4. The summed E-state index contributed by atoms with van der Waals surface area (Å²) in [5, 5.41) is 8.84. The smallest absolute Gasteiger partial charge is 0.0925 e. The molecule has 0 fully saturated rings. The lowest BCUT2D eigenvalue weighted by Crippen LogP contribution is -1.90. The molecule has 0 bridgehead atoms. The summed E-state index contributed by atoms with van der Waals surface area (Å²) < 4.78 is 0.